The number of β-lactam (4-membered cyclic amide) rings is 1. The van der Waals surface area contributed by atoms with E-state index in [1.54, 1.807) is 0 Å². The summed E-state index contributed by atoms with van der Waals surface area (Å²) in [6.07, 6.45) is -1.33. The fourth-order valence-electron chi connectivity index (χ4n) is 2.18. The number of hydrogen-bond donors (Lipinski definition) is 5. The van der Waals surface area contributed by atoms with Crippen LogP contribution in [0.25, 0.3) is 0 Å². The van der Waals surface area contributed by atoms with Crippen LogP contribution in [0, 0.1) is 0 Å². The fraction of sp³-hybridized carbons (Fsp3) is 0.333. The maximum Gasteiger partial charge on any atom is 0.404 e. The largest absolute Gasteiger partial charge is 0.479 e. The number of nitrogens with one attached hydrogen (secondary N) is 1. The average molecular weight is 466 g/mol. The number of aliphatic carboxylic acids is 1. The lowest BCUT2D eigenvalue weighted by Crippen LogP contribution is -2.77. The van der Waals surface area contributed by atoms with Gasteiger partial charge in [-0.05, 0) is 0 Å². The first-order valence-electron chi connectivity index (χ1n) is 7.53. The molecule has 0 aromatic carbocycles. The van der Waals surface area contributed by atoms with E-state index in [0.717, 1.165) is 11.3 Å². The summed E-state index contributed by atoms with van der Waals surface area (Å²) in [6.45, 7) is -2.59. The Morgan fingerprint density at radius 1 is 1.43 bits per heavy atom. The number of thiazole rings is 1. The van der Waals surface area contributed by atoms with Gasteiger partial charge < -0.3 is 31.5 Å². The number of primary amides is 1. The molecule has 0 saturated carbocycles. The van der Waals surface area contributed by atoms with Gasteiger partial charge in [0.1, 0.15) is 12.3 Å². The average Bonchev–Trinajstić information content (AvgIpc) is 3.04. The molecule has 2 heterocycles. The number of amides is 3. The van der Waals surface area contributed by atoms with Crippen molar-refractivity contribution in [3.05, 3.63) is 11.1 Å². The number of ether oxygens (including phenoxy) is 1. The van der Waals surface area contributed by atoms with E-state index in [1.807, 2.05) is 0 Å². The van der Waals surface area contributed by atoms with Crippen molar-refractivity contribution < 1.29 is 46.8 Å². The molecule has 0 bridgehead atoms. The first-order chi connectivity index (χ1) is 13.9. The molecule has 2 rings (SSSR count). The number of nitrogens with two attached hydrogens (primary N) is 2. The molecule has 30 heavy (non-hydrogen) atoms. The lowest BCUT2D eigenvalue weighted by molar-refractivity contribution is -0.150. The number of aromatic nitrogens is 1. The van der Waals surface area contributed by atoms with Gasteiger partial charge in [0.25, 0.3) is 11.8 Å². The van der Waals surface area contributed by atoms with Crippen molar-refractivity contribution in [3.8, 4) is 0 Å². The second kappa shape index (κ2) is 8.47. The predicted molar refractivity (Wildman–Crippen MR) is 96.3 cm³/mol. The highest BCUT2D eigenvalue weighted by Gasteiger charge is 2.59. The van der Waals surface area contributed by atoms with E-state index in [-0.39, 0.29) is 15.1 Å². The summed E-state index contributed by atoms with van der Waals surface area (Å²) in [7, 11) is -4.94. The van der Waals surface area contributed by atoms with Gasteiger partial charge in [-0.2, -0.15) is 8.42 Å². The molecule has 7 N–H and O–H groups in total. The summed E-state index contributed by atoms with van der Waals surface area (Å²) in [6, 6.07) is 0. The maximum atomic E-state index is 12.7. The van der Waals surface area contributed by atoms with E-state index < -0.39 is 65.2 Å². The Kier molecular flexibility index (Phi) is 6.43. The van der Waals surface area contributed by atoms with Crippen LogP contribution in [-0.2, 0) is 34.3 Å². The van der Waals surface area contributed by atoms with E-state index in [4.69, 9.17) is 21.1 Å². The highest BCUT2D eigenvalue weighted by atomic mass is 32.2. The van der Waals surface area contributed by atoms with Gasteiger partial charge in [-0.25, -0.2) is 18.9 Å². The second-order valence-electron chi connectivity index (χ2n) is 5.61. The molecular weight excluding hydrogens is 452 g/mol. The van der Waals surface area contributed by atoms with Crippen LogP contribution in [0.2, 0.25) is 0 Å². The van der Waals surface area contributed by atoms with Crippen LogP contribution in [0.15, 0.2) is 10.5 Å². The molecule has 1 atom stereocenters. The third-order valence-electron chi connectivity index (χ3n) is 3.47. The normalized spacial score (nSPS) is 19.0. The zero-order chi connectivity index (χ0) is 22.7. The number of nitrogen functional groups attached to an aromatic ring is 1. The number of anilines is 1. The predicted octanol–water partition coefficient (Wildman–Crippen LogP) is -2.87. The third-order valence-corrected chi connectivity index (χ3v) is 4.99. The molecular formula is C12H14N6O10S2. The quantitative estimate of drug-likeness (QED) is 0.106. The van der Waals surface area contributed by atoms with Gasteiger partial charge in [-0.3, -0.25) is 14.1 Å². The number of carbonyl (C=O) groups excluding carboxylic acids is 3. The standard InChI is InChI=1S/C12H14N6O10S2/c13-10-15-5(2-29-10)7(17-28-1-6(19)20)8(21)16-12(4-27-11(14)23)3-18(9(12)22)30(24,25)26/h2H,1,3-4H2,(H2,13,15)(H2,14,23)(H,16,21)(H,19,20)(H,24,25,26)/b17-7-. The maximum absolute atomic E-state index is 12.7. The molecule has 1 aliphatic heterocycles. The number of carboxylic acid groups (broad SMARTS) is 1. The minimum Gasteiger partial charge on any atom is -0.479 e. The Morgan fingerprint density at radius 3 is 2.57 bits per heavy atom. The van der Waals surface area contributed by atoms with Gasteiger partial charge >= 0.3 is 22.4 Å². The molecule has 1 saturated heterocycles. The SMILES string of the molecule is NC(=O)OCC1(NC(=O)/C(=N\OCC(=O)O)c2csc(N)n2)CN(S(=O)(=O)O)C1=O. The van der Waals surface area contributed by atoms with Crippen LogP contribution >= 0.6 is 11.3 Å². The van der Waals surface area contributed by atoms with Crippen LogP contribution in [-0.4, -0.2) is 82.3 Å². The lowest BCUT2D eigenvalue weighted by Gasteiger charge is -2.45. The van der Waals surface area contributed by atoms with E-state index >= 15 is 0 Å². The summed E-state index contributed by atoms with van der Waals surface area (Å²) in [5, 5.41) is 15.4. The Labute approximate surface area is 171 Å². The van der Waals surface area contributed by atoms with Crippen molar-refractivity contribution in [2.75, 3.05) is 25.5 Å². The molecule has 1 aliphatic rings. The molecule has 0 spiro atoms. The number of carbonyl (C=O) groups is 4. The molecule has 3 amide bonds. The van der Waals surface area contributed by atoms with Gasteiger partial charge in [0.05, 0.1) is 6.54 Å². The molecule has 1 aromatic rings. The second-order valence-corrected chi connectivity index (χ2v) is 7.84. The zero-order valence-electron chi connectivity index (χ0n) is 14.7. The van der Waals surface area contributed by atoms with E-state index in [9.17, 15) is 27.6 Å². The summed E-state index contributed by atoms with van der Waals surface area (Å²) >= 11 is 0.907. The molecule has 164 valence electrons. The van der Waals surface area contributed by atoms with Crippen molar-refractivity contribution in [1.29, 1.82) is 0 Å². The van der Waals surface area contributed by atoms with Crippen LogP contribution in [0.5, 0.6) is 0 Å². The van der Waals surface area contributed by atoms with Crippen molar-refractivity contribution >= 4 is 56.4 Å². The smallest absolute Gasteiger partial charge is 0.404 e. The van der Waals surface area contributed by atoms with Gasteiger partial charge in [-0.15, -0.1) is 11.3 Å². The molecule has 18 heteroatoms. The van der Waals surface area contributed by atoms with Crippen molar-refractivity contribution in [2.24, 2.45) is 10.9 Å². The molecule has 1 fully saturated rings. The van der Waals surface area contributed by atoms with Crippen LogP contribution in [0.4, 0.5) is 9.93 Å². The summed E-state index contributed by atoms with van der Waals surface area (Å²) < 4.78 is 35.9. The van der Waals surface area contributed by atoms with Gasteiger partial charge in [0.2, 0.25) is 6.61 Å². The Morgan fingerprint density at radius 2 is 2.10 bits per heavy atom. The number of hydrogen-bond acceptors (Lipinski definition) is 12. The summed E-state index contributed by atoms with van der Waals surface area (Å²) in [5.41, 5.74) is 7.45. The number of carboxylic acids is 1. The van der Waals surface area contributed by atoms with Crippen molar-refractivity contribution in [2.45, 2.75) is 5.54 Å². The molecule has 0 aliphatic carbocycles. The van der Waals surface area contributed by atoms with E-state index in [2.05, 4.69) is 25.0 Å². The Hall–Kier alpha value is -3.51. The number of rotatable bonds is 9. The van der Waals surface area contributed by atoms with Gasteiger partial charge in [0.15, 0.2) is 16.4 Å². The van der Waals surface area contributed by atoms with E-state index in [1.165, 1.54) is 5.38 Å². The molecule has 1 unspecified atom stereocenters. The Bertz CT molecular complexity index is 1020. The van der Waals surface area contributed by atoms with Gasteiger partial charge in [-0.1, -0.05) is 5.16 Å². The minimum absolute atomic E-state index is 0.0101. The lowest BCUT2D eigenvalue weighted by atomic mass is 9.91. The zero-order valence-corrected chi connectivity index (χ0v) is 16.3. The first-order valence-corrected chi connectivity index (χ1v) is 9.81. The molecule has 1 aromatic heterocycles. The highest BCUT2D eigenvalue weighted by Crippen LogP contribution is 2.26. The van der Waals surface area contributed by atoms with Crippen molar-refractivity contribution in [1.82, 2.24) is 14.6 Å². The third kappa shape index (κ3) is 5.10. The minimum atomic E-state index is -4.94. The summed E-state index contributed by atoms with van der Waals surface area (Å²) in [4.78, 5) is 54.8. The van der Waals surface area contributed by atoms with Crippen LogP contribution in [0.3, 0.4) is 0 Å². The van der Waals surface area contributed by atoms with Gasteiger partial charge in [0, 0.05) is 5.38 Å². The monoisotopic (exact) mass is 466 g/mol. The van der Waals surface area contributed by atoms with Crippen LogP contribution < -0.4 is 16.8 Å². The van der Waals surface area contributed by atoms with Crippen LogP contribution in [0.1, 0.15) is 5.69 Å². The van der Waals surface area contributed by atoms with Crippen molar-refractivity contribution in [3.63, 3.8) is 0 Å². The number of oxime groups is 1. The topological polar surface area (TPSA) is 254 Å². The fourth-order valence-corrected chi connectivity index (χ4v) is 3.49. The Balaban J connectivity index is 2.31. The summed E-state index contributed by atoms with van der Waals surface area (Å²) in [5.74, 6) is -3.91. The van der Waals surface area contributed by atoms with E-state index in [0.29, 0.717) is 0 Å². The molecule has 16 nitrogen and oxygen atoms in total. The molecule has 0 radical (unpaired) electrons. The number of nitrogens with zero attached hydrogens (tertiary/aromatic N) is 3. The first kappa shape index (κ1) is 22.8. The highest BCUT2D eigenvalue weighted by molar-refractivity contribution is 7.84.